The number of methoxy groups -OCH3 is 1. The van der Waals surface area contributed by atoms with E-state index in [1.54, 1.807) is 19.4 Å². The molecule has 0 aliphatic rings. The number of imidazole rings is 1. The van der Waals surface area contributed by atoms with Gasteiger partial charge >= 0.3 is 0 Å². The molecule has 0 fully saturated rings. The number of benzene rings is 1. The van der Waals surface area contributed by atoms with Crippen molar-refractivity contribution in [2.45, 2.75) is 13.3 Å². The lowest BCUT2D eigenvalue weighted by atomic mass is 10.1. The van der Waals surface area contributed by atoms with Crippen molar-refractivity contribution in [3.8, 4) is 5.75 Å². The first-order valence-electron chi connectivity index (χ1n) is 6.08. The van der Waals surface area contributed by atoms with Gasteiger partial charge in [-0.3, -0.25) is 9.36 Å². The van der Waals surface area contributed by atoms with Gasteiger partial charge in [-0.05, 0) is 25.6 Å². The molecular weight excluding hydrogens is 242 g/mol. The van der Waals surface area contributed by atoms with E-state index in [4.69, 9.17) is 10.5 Å². The number of hydrogen-bond acceptors (Lipinski definition) is 4. The van der Waals surface area contributed by atoms with E-state index in [0.717, 1.165) is 11.3 Å². The van der Waals surface area contributed by atoms with Gasteiger partial charge < -0.3 is 10.5 Å². The molecule has 0 aliphatic heterocycles. The van der Waals surface area contributed by atoms with Crippen LogP contribution in [-0.2, 0) is 6.42 Å². The molecule has 0 saturated heterocycles. The molecule has 1 heterocycles. The molecule has 0 unspecified atom stereocenters. The molecule has 0 radical (unpaired) electrons. The van der Waals surface area contributed by atoms with Crippen molar-refractivity contribution >= 4 is 5.91 Å². The van der Waals surface area contributed by atoms with Gasteiger partial charge in [-0.25, -0.2) is 4.98 Å². The van der Waals surface area contributed by atoms with Crippen LogP contribution in [0.5, 0.6) is 5.75 Å². The molecular formula is C14H17N3O2. The van der Waals surface area contributed by atoms with E-state index >= 15 is 0 Å². The third kappa shape index (κ3) is 2.66. The number of carbonyl (C=O) groups is 1. The molecule has 0 atom stereocenters. The summed E-state index contributed by atoms with van der Waals surface area (Å²) in [6, 6.07) is 5.51. The van der Waals surface area contributed by atoms with Crippen molar-refractivity contribution in [1.82, 2.24) is 9.55 Å². The van der Waals surface area contributed by atoms with Crippen molar-refractivity contribution in [2.24, 2.45) is 5.73 Å². The third-order valence-electron chi connectivity index (χ3n) is 2.92. The molecule has 0 saturated carbocycles. The fraction of sp³-hybridized carbons (Fsp3) is 0.286. The first-order chi connectivity index (χ1) is 9.17. The molecule has 0 spiro atoms. The number of nitrogens with two attached hydrogens (primary N) is 1. The van der Waals surface area contributed by atoms with Crippen LogP contribution in [0, 0.1) is 6.92 Å². The summed E-state index contributed by atoms with van der Waals surface area (Å²) in [5.41, 5.74) is 7.86. The Labute approximate surface area is 112 Å². The number of ether oxygens (including phenoxy) is 1. The molecule has 100 valence electrons. The van der Waals surface area contributed by atoms with Crippen LogP contribution in [0.3, 0.4) is 0 Å². The van der Waals surface area contributed by atoms with Crippen molar-refractivity contribution < 1.29 is 9.53 Å². The Morgan fingerprint density at radius 3 is 2.95 bits per heavy atom. The van der Waals surface area contributed by atoms with E-state index in [2.05, 4.69) is 4.98 Å². The van der Waals surface area contributed by atoms with Crippen LogP contribution in [0.4, 0.5) is 0 Å². The smallest absolute Gasteiger partial charge is 0.267 e. The van der Waals surface area contributed by atoms with Gasteiger partial charge in [0.15, 0.2) is 0 Å². The highest BCUT2D eigenvalue weighted by molar-refractivity contribution is 5.99. The average Bonchev–Trinajstić information content (AvgIpc) is 2.86. The van der Waals surface area contributed by atoms with Crippen molar-refractivity contribution in [3.05, 3.63) is 47.5 Å². The predicted molar refractivity (Wildman–Crippen MR) is 72.4 cm³/mol. The first kappa shape index (κ1) is 13.3. The van der Waals surface area contributed by atoms with Crippen molar-refractivity contribution in [2.75, 3.05) is 13.7 Å². The van der Waals surface area contributed by atoms with Crippen molar-refractivity contribution in [3.63, 3.8) is 0 Å². The van der Waals surface area contributed by atoms with E-state index in [0.29, 0.717) is 24.3 Å². The average molecular weight is 259 g/mol. The molecule has 2 rings (SSSR count). The van der Waals surface area contributed by atoms with Crippen LogP contribution in [0.25, 0.3) is 0 Å². The zero-order valence-corrected chi connectivity index (χ0v) is 11.1. The van der Waals surface area contributed by atoms with Gasteiger partial charge in [-0.2, -0.15) is 0 Å². The van der Waals surface area contributed by atoms with Crippen LogP contribution in [0.1, 0.15) is 21.6 Å². The summed E-state index contributed by atoms with van der Waals surface area (Å²) >= 11 is 0. The Kier molecular flexibility index (Phi) is 3.97. The Morgan fingerprint density at radius 1 is 1.47 bits per heavy atom. The molecule has 5 heteroatoms. The first-order valence-corrected chi connectivity index (χ1v) is 6.08. The van der Waals surface area contributed by atoms with Gasteiger partial charge in [0.25, 0.3) is 5.91 Å². The number of carbonyl (C=O) groups excluding carboxylic acids is 1. The molecule has 2 aromatic rings. The second kappa shape index (κ2) is 5.67. The summed E-state index contributed by atoms with van der Waals surface area (Å²) in [6.45, 7) is 2.41. The lowest BCUT2D eigenvalue weighted by Gasteiger charge is -2.10. The van der Waals surface area contributed by atoms with Gasteiger partial charge in [0.2, 0.25) is 0 Å². The number of nitrogens with zero attached hydrogens (tertiary/aromatic N) is 2. The molecule has 19 heavy (non-hydrogen) atoms. The van der Waals surface area contributed by atoms with E-state index in [9.17, 15) is 4.79 Å². The summed E-state index contributed by atoms with van der Waals surface area (Å²) in [4.78, 5) is 16.5. The van der Waals surface area contributed by atoms with Gasteiger partial charge in [0.05, 0.1) is 12.7 Å². The third-order valence-corrected chi connectivity index (χ3v) is 2.92. The van der Waals surface area contributed by atoms with Crippen LogP contribution >= 0.6 is 0 Å². The van der Waals surface area contributed by atoms with E-state index in [1.807, 2.05) is 19.1 Å². The van der Waals surface area contributed by atoms with E-state index in [1.165, 1.54) is 10.9 Å². The van der Waals surface area contributed by atoms with E-state index < -0.39 is 0 Å². The number of hydrogen-bond donors (Lipinski definition) is 1. The van der Waals surface area contributed by atoms with E-state index in [-0.39, 0.29) is 5.91 Å². The minimum atomic E-state index is -0.151. The molecule has 5 nitrogen and oxygen atoms in total. The summed E-state index contributed by atoms with van der Waals surface area (Å²) in [6.07, 6.45) is 3.78. The Hall–Kier alpha value is -2.14. The van der Waals surface area contributed by atoms with Crippen LogP contribution < -0.4 is 10.5 Å². The molecule has 2 N–H and O–H groups in total. The Morgan fingerprint density at radius 2 is 2.26 bits per heavy atom. The Bertz CT molecular complexity index is 590. The highest BCUT2D eigenvalue weighted by atomic mass is 16.5. The summed E-state index contributed by atoms with van der Waals surface area (Å²) in [5.74, 6) is 0.407. The zero-order valence-electron chi connectivity index (χ0n) is 11.1. The fourth-order valence-corrected chi connectivity index (χ4v) is 1.96. The van der Waals surface area contributed by atoms with Crippen LogP contribution in [0.2, 0.25) is 0 Å². The maximum atomic E-state index is 12.5. The van der Waals surface area contributed by atoms with Crippen molar-refractivity contribution in [1.29, 1.82) is 0 Å². The number of aromatic nitrogens is 2. The van der Waals surface area contributed by atoms with Gasteiger partial charge in [-0.15, -0.1) is 0 Å². The molecule has 0 bridgehead atoms. The second-order valence-corrected chi connectivity index (χ2v) is 4.30. The normalized spacial score (nSPS) is 10.5. The van der Waals surface area contributed by atoms with Gasteiger partial charge in [0, 0.05) is 18.3 Å². The van der Waals surface area contributed by atoms with Crippen LogP contribution in [0.15, 0.2) is 30.7 Å². The molecule has 0 amide bonds. The highest BCUT2D eigenvalue weighted by Gasteiger charge is 2.16. The highest BCUT2D eigenvalue weighted by Crippen LogP contribution is 2.21. The minimum absolute atomic E-state index is 0.151. The largest absolute Gasteiger partial charge is 0.496 e. The lowest BCUT2D eigenvalue weighted by molar-refractivity contribution is 0.0954. The second-order valence-electron chi connectivity index (χ2n) is 4.30. The van der Waals surface area contributed by atoms with Crippen LogP contribution in [-0.4, -0.2) is 29.1 Å². The summed E-state index contributed by atoms with van der Waals surface area (Å²) in [7, 11) is 1.55. The Balaban J connectivity index is 2.43. The zero-order chi connectivity index (χ0) is 13.8. The summed E-state index contributed by atoms with van der Waals surface area (Å²) < 4.78 is 6.76. The molecule has 1 aromatic carbocycles. The maximum Gasteiger partial charge on any atom is 0.267 e. The van der Waals surface area contributed by atoms with Gasteiger partial charge in [0.1, 0.15) is 12.1 Å². The number of rotatable bonds is 4. The fourth-order valence-electron chi connectivity index (χ4n) is 1.96. The molecule has 1 aromatic heterocycles. The quantitative estimate of drug-likeness (QED) is 0.900. The predicted octanol–water partition coefficient (Wildman–Crippen LogP) is 1.39. The SMILES string of the molecule is COc1ccc(C)cc1C(=O)n1cncc1CCN. The topological polar surface area (TPSA) is 70.1 Å². The standard InChI is InChI=1S/C14H17N3O2/c1-10-3-4-13(19-2)12(7-10)14(18)17-9-16-8-11(17)5-6-15/h3-4,7-9H,5-6,15H2,1-2H3. The monoisotopic (exact) mass is 259 g/mol. The maximum absolute atomic E-state index is 12.5. The summed E-state index contributed by atoms with van der Waals surface area (Å²) in [5, 5.41) is 0. The van der Waals surface area contributed by atoms with Gasteiger partial charge in [-0.1, -0.05) is 11.6 Å². The number of aryl methyl sites for hydroxylation is 1. The lowest BCUT2D eigenvalue weighted by Crippen LogP contribution is -2.17. The molecule has 0 aliphatic carbocycles. The minimum Gasteiger partial charge on any atom is -0.496 e.